The van der Waals surface area contributed by atoms with Gasteiger partial charge in [0.25, 0.3) is 5.91 Å². The topological polar surface area (TPSA) is 84.5 Å². The van der Waals surface area contributed by atoms with Gasteiger partial charge in [0.1, 0.15) is 0 Å². The van der Waals surface area contributed by atoms with Crippen molar-refractivity contribution in [3.05, 3.63) is 29.8 Å². The van der Waals surface area contributed by atoms with E-state index in [-0.39, 0.29) is 22.9 Å². The van der Waals surface area contributed by atoms with Crippen molar-refractivity contribution in [2.45, 2.75) is 36.8 Å². The highest BCUT2D eigenvalue weighted by molar-refractivity contribution is 7.89. The van der Waals surface area contributed by atoms with Gasteiger partial charge in [0.05, 0.1) is 17.0 Å². The SMILES string of the molecule is CNS(=O)(=O)c1ccc(C(=O)NC(C)C2CCCO2)cc1. The number of nitrogens with one attached hydrogen (secondary N) is 2. The smallest absolute Gasteiger partial charge is 0.251 e. The number of hydrogen-bond donors (Lipinski definition) is 2. The van der Waals surface area contributed by atoms with Crippen LogP contribution in [0.25, 0.3) is 0 Å². The molecule has 116 valence electrons. The van der Waals surface area contributed by atoms with E-state index >= 15 is 0 Å². The third kappa shape index (κ3) is 3.81. The van der Waals surface area contributed by atoms with Crippen LogP contribution in [0.15, 0.2) is 29.2 Å². The van der Waals surface area contributed by atoms with Crippen molar-refractivity contribution in [3.8, 4) is 0 Å². The fraction of sp³-hybridized carbons (Fsp3) is 0.500. The third-order valence-electron chi connectivity index (χ3n) is 3.58. The Bertz CT molecular complexity index is 592. The van der Waals surface area contributed by atoms with E-state index in [1.165, 1.54) is 31.3 Å². The molecule has 1 aliphatic heterocycles. The van der Waals surface area contributed by atoms with Gasteiger partial charge in [-0.25, -0.2) is 13.1 Å². The number of carbonyl (C=O) groups is 1. The highest BCUT2D eigenvalue weighted by atomic mass is 32.2. The van der Waals surface area contributed by atoms with Gasteiger partial charge in [0.2, 0.25) is 10.0 Å². The number of carbonyl (C=O) groups excluding carboxylic acids is 1. The van der Waals surface area contributed by atoms with Gasteiger partial charge in [-0.1, -0.05) is 0 Å². The van der Waals surface area contributed by atoms with Gasteiger partial charge < -0.3 is 10.1 Å². The van der Waals surface area contributed by atoms with Crippen LogP contribution in [0.3, 0.4) is 0 Å². The van der Waals surface area contributed by atoms with Crippen LogP contribution in [0.1, 0.15) is 30.1 Å². The molecule has 7 heteroatoms. The summed E-state index contributed by atoms with van der Waals surface area (Å²) in [5.41, 5.74) is 0.426. The minimum atomic E-state index is -3.48. The molecule has 1 saturated heterocycles. The first-order chi connectivity index (χ1) is 9.94. The Labute approximate surface area is 124 Å². The molecule has 0 radical (unpaired) electrons. The van der Waals surface area contributed by atoms with Crippen LogP contribution in [-0.4, -0.2) is 40.1 Å². The molecule has 1 aliphatic rings. The molecule has 0 aromatic heterocycles. The maximum atomic E-state index is 12.1. The minimum absolute atomic E-state index is 0.0536. The number of ether oxygens (including phenoxy) is 1. The monoisotopic (exact) mass is 312 g/mol. The Hall–Kier alpha value is -1.44. The summed E-state index contributed by atoms with van der Waals surface area (Å²) in [6, 6.07) is 5.76. The maximum Gasteiger partial charge on any atom is 0.251 e. The second-order valence-electron chi connectivity index (χ2n) is 5.05. The fourth-order valence-electron chi connectivity index (χ4n) is 2.28. The quantitative estimate of drug-likeness (QED) is 0.846. The van der Waals surface area contributed by atoms with Crippen molar-refractivity contribution < 1.29 is 17.9 Å². The molecule has 21 heavy (non-hydrogen) atoms. The molecule has 0 saturated carbocycles. The normalized spacial score (nSPS) is 20.2. The van der Waals surface area contributed by atoms with Gasteiger partial charge in [0, 0.05) is 12.2 Å². The fourth-order valence-corrected chi connectivity index (χ4v) is 3.01. The molecule has 6 nitrogen and oxygen atoms in total. The van der Waals surface area contributed by atoms with E-state index in [4.69, 9.17) is 4.74 Å². The summed E-state index contributed by atoms with van der Waals surface area (Å²) in [5.74, 6) is -0.230. The molecule has 1 aromatic rings. The van der Waals surface area contributed by atoms with E-state index in [0.717, 1.165) is 19.4 Å². The van der Waals surface area contributed by atoms with Crippen molar-refractivity contribution in [2.75, 3.05) is 13.7 Å². The van der Waals surface area contributed by atoms with E-state index in [0.29, 0.717) is 5.56 Å². The number of benzene rings is 1. The van der Waals surface area contributed by atoms with Crippen molar-refractivity contribution in [3.63, 3.8) is 0 Å². The lowest BCUT2D eigenvalue weighted by Gasteiger charge is -2.20. The van der Waals surface area contributed by atoms with E-state index in [2.05, 4.69) is 10.0 Å². The van der Waals surface area contributed by atoms with Gasteiger partial charge in [-0.15, -0.1) is 0 Å². The van der Waals surface area contributed by atoms with Crippen LogP contribution in [0, 0.1) is 0 Å². The molecule has 1 heterocycles. The largest absolute Gasteiger partial charge is 0.376 e. The summed E-state index contributed by atoms with van der Waals surface area (Å²) in [7, 11) is -2.13. The molecule has 2 atom stereocenters. The molecule has 1 fully saturated rings. The molecule has 1 amide bonds. The molecule has 2 N–H and O–H groups in total. The highest BCUT2D eigenvalue weighted by Gasteiger charge is 2.24. The van der Waals surface area contributed by atoms with Crippen LogP contribution < -0.4 is 10.0 Å². The Balaban J connectivity index is 2.03. The van der Waals surface area contributed by atoms with E-state index in [1.807, 2.05) is 6.92 Å². The predicted molar refractivity (Wildman–Crippen MR) is 78.6 cm³/mol. The maximum absolute atomic E-state index is 12.1. The first-order valence-corrected chi connectivity index (χ1v) is 8.38. The van der Waals surface area contributed by atoms with Gasteiger partial charge in [-0.05, 0) is 51.1 Å². The van der Waals surface area contributed by atoms with Crippen molar-refractivity contribution in [1.82, 2.24) is 10.0 Å². The standard InChI is InChI=1S/C14H20N2O4S/c1-10(13-4-3-9-20-13)16-14(17)11-5-7-12(8-6-11)21(18,19)15-2/h5-8,10,13,15H,3-4,9H2,1-2H3,(H,16,17). The van der Waals surface area contributed by atoms with Crippen molar-refractivity contribution in [2.24, 2.45) is 0 Å². The third-order valence-corrected chi connectivity index (χ3v) is 5.01. The molecule has 2 unspecified atom stereocenters. The van der Waals surface area contributed by atoms with Crippen molar-refractivity contribution in [1.29, 1.82) is 0 Å². The van der Waals surface area contributed by atoms with Crippen LogP contribution in [0.5, 0.6) is 0 Å². The Morgan fingerprint density at radius 1 is 1.33 bits per heavy atom. The van der Waals surface area contributed by atoms with Gasteiger partial charge in [-0.3, -0.25) is 4.79 Å². The Morgan fingerprint density at radius 3 is 2.52 bits per heavy atom. The van der Waals surface area contributed by atoms with Gasteiger partial charge >= 0.3 is 0 Å². The lowest BCUT2D eigenvalue weighted by atomic mass is 10.1. The first-order valence-electron chi connectivity index (χ1n) is 6.90. The highest BCUT2D eigenvalue weighted by Crippen LogP contribution is 2.16. The summed E-state index contributed by atoms with van der Waals surface area (Å²) < 4.78 is 31.0. The van der Waals surface area contributed by atoms with Gasteiger partial charge in [-0.2, -0.15) is 0 Å². The lowest BCUT2D eigenvalue weighted by Crippen LogP contribution is -2.40. The molecular weight excluding hydrogens is 292 g/mol. The molecule has 2 rings (SSSR count). The van der Waals surface area contributed by atoms with Crippen molar-refractivity contribution >= 4 is 15.9 Å². The van der Waals surface area contributed by atoms with Crippen LogP contribution in [-0.2, 0) is 14.8 Å². The lowest BCUT2D eigenvalue weighted by molar-refractivity contribution is 0.0712. The van der Waals surface area contributed by atoms with E-state index in [1.54, 1.807) is 0 Å². The minimum Gasteiger partial charge on any atom is -0.376 e. The second kappa shape index (κ2) is 6.55. The molecule has 0 bridgehead atoms. The number of sulfonamides is 1. The average Bonchev–Trinajstić information content (AvgIpc) is 3.01. The number of amides is 1. The summed E-state index contributed by atoms with van der Waals surface area (Å²) in [6.45, 7) is 2.65. The summed E-state index contributed by atoms with van der Waals surface area (Å²) in [6.07, 6.45) is 2.01. The first kappa shape index (κ1) is 15.9. The molecule has 0 aliphatic carbocycles. The second-order valence-corrected chi connectivity index (χ2v) is 6.93. The van der Waals surface area contributed by atoms with Crippen LogP contribution in [0.2, 0.25) is 0 Å². The number of hydrogen-bond acceptors (Lipinski definition) is 4. The average molecular weight is 312 g/mol. The predicted octanol–water partition coefficient (Wildman–Crippen LogP) is 0.892. The summed E-state index contributed by atoms with van der Waals surface area (Å²) >= 11 is 0. The van der Waals surface area contributed by atoms with E-state index < -0.39 is 10.0 Å². The summed E-state index contributed by atoms with van der Waals surface area (Å²) in [5, 5.41) is 2.88. The Kier molecular flexibility index (Phi) is 4.97. The van der Waals surface area contributed by atoms with Crippen LogP contribution >= 0.6 is 0 Å². The van der Waals surface area contributed by atoms with Crippen LogP contribution in [0.4, 0.5) is 0 Å². The number of rotatable bonds is 5. The summed E-state index contributed by atoms with van der Waals surface area (Å²) in [4.78, 5) is 12.2. The molecular formula is C14H20N2O4S. The zero-order chi connectivity index (χ0) is 15.5. The zero-order valence-corrected chi connectivity index (χ0v) is 12.9. The van der Waals surface area contributed by atoms with E-state index in [9.17, 15) is 13.2 Å². The Morgan fingerprint density at radius 2 is 2.00 bits per heavy atom. The molecule has 1 aromatic carbocycles. The van der Waals surface area contributed by atoms with Gasteiger partial charge in [0.15, 0.2) is 0 Å². The zero-order valence-electron chi connectivity index (χ0n) is 12.1. The molecule has 0 spiro atoms.